The number of hydrogen-bond acceptors (Lipinski definition) is 11. The monoisotopic (exact) mass is 732 g/mol. The van der Waals surface area contributed by atoms with E-state index in [9.17, 15) is 24.0 Å². The largest absolute Gasteiger partial charge is 0.370 e. The van der Waals surface area contributed by atoms with Gasteiger partial charge in [0.2, 0.25) is 11.9 Å². The van der Waals surface area contributed by atoms with Crippen LogP contribution < -0.4 is 21.1 Å². The highest BCUT2D eigenvalue weighted by molar-refractivity contribution is 6.02. The van der Waals surface area contributed by atoms with E-state index >= 15 is 0 Å². The molecule has 3 aliphatic heterocycles. The summed E-state index contributed by atoms with van der Waals surface area (Å²) in [4.78, 5) is 81.7. The Bertz CT molecular complexity index is 2220. The number of hydrogen-bond donors (Lipinski definition) is 2. The molecule has 6 heterocycles. The summed E-state index contributed by atoms with van der Waals surface area (Å²) in [6.45, 7) is 6.20. The van der Waals surface area contributed by atoms with Crippen LogP contribution in [0.4, 0.5) is 22.2 Å². The van der Waals surface area contributed by atoms with Crippen molar-refractivity contribution in [3.63, 3.8) is 0 Å². The molecule has 8 rings (SSSR count). The lowest BCUT2D eigenvalue weighted by molar-refractivity contribution is -0.123. The van der Waals surface area contributed by atoms with Crippen molar-refractivity contribution in [2.75, 3.05) is 36.9 Å². The quantitative estimate of drug-likeness (QED) is 0.233. The number of amides is 4. The Hall–Kier alpha value is -5.70. The molecule has 4 amide bonds. The SMILES string of the molecule is CC(=O)c1c(C)c2cnc(Nc3ccc(N4CCC(N(C)Cc5ccc6c(c5)CN(N5CCC(=O)NC5=O)C6=O)CC4)cn3)nc2n(C2CCCC2)c1=O. The average Bonchev–Trinajstić information content (AvgIpc) is 3.80. The second-order valence-corrected chi connectivity index (χ2v) is 14.8. The zero-order valence-corrected chi connectivity index (χ0v) is 30.8. The molecule has 280 valence electrons. The lowest BCUT2D eigenvalue weighted by atomic mass is 10.0. The van der Waals surface area contributed by atoms with Gasteiger partial charge in [0.1, 0.15) is 11.5 Å². The number of nitrogens with one attached hydrogen (secondary N) is 2. The van der Waals surface area contributed by atoms with Crippen molar-refractivity contribution in [2.45, 2.75) is 84.0 Å². The minimum absolute atomic E-state index is 0.00668. The molecule has 0 atom stereocenters. The standard InChI is InChI=1S/C39H44N10O5/c1-23-31-20-41-38(44-35(31)49(28-6-4-5-7-28)37(53)34(23)24(2)50)42-32-11-9-29(19-40-32)46-15-12-27(13-16-46)45(3)21-25-8-10-30-26(18-25)22-48(36(30)52)47-17-14-33(51)43-39(47)54/h8-11,18-20,27-28H,4-7,12-17,21-22H2,1-3H3,(H,43,51,54)(H,40,41,42,44). The highest BCUT2D eigenvalue weighted by Crippen LogP contribution is 2.33. The van der Waals surface area contributed by atoms with Crippen LogP contribution in [0, 0.1) is 6.92 Å². The van der Waals surface area contributed by atoms with Gasteiger partial charge >= 0.3 is 6.03 Å². The zero-order chi connectivity index (χ0) is 37.7. The third-order valence-corrected chi connectivity index (χ3v) is 11.4. The topological polar surface area (TPSA) is 166 Å². The maximum Gasteiger partial charge on any atom is 0.342 e. The third-order valence-electron chi connectivity index (χ3n) is 11.4. The van der Waals surface area contributed by atoms with Crippen LogP contribution in [0.3, 0.4) is 0 Å². The summed E-state index contributed by atoms with van der Waals surface area (Å²) in [5.41, 5.74) is 4.69. The number of urea groups is 1. The molecule has 2 saturated heterocycles. The Kier molecular flexibility index (Phi) is 9.34. The lowest BCUT2D eigenvalue weighted by Gasteiger charge is -2.37. The van der Waals surface area contributed by atoms with Gasteiger partial charge in [0.25, 0.3) is 11.5 Å². The molecule has 15 nitrogen and oxygen atoms in total. The van der Waals surface area contributed by atoms with Crippen LogP contribution in [-0.4, -0.2) is 90.8 Å². The van der Waals surface area contributed by atoms with E-state index in [1.54, 1.807) is 17.7 Å². The maximum absolute atomic E-state index is 13.6. The molecule has 15 heteroatoms. The van der Waals surface area contributed by atoms with Crippen LogP contribution in [0.25, 0.3) is 11.0 Å². The molecule has 1 aromatic carbocycles. The second-order valence-electron chi connectivity index (χ2n) is 14.8. The highest BCUT2D eigenvalue weighted by atomic mass is 16.2. The van der Waals surface area contributed by atoms with Crippen LogP contribution in [0.5, 0.6) is 0 Å². The number of ketones is 1. The zero-order valence-electron chi connectivity index (χ0n) is 30.8. The molecule has 4 aliphatic rings. The molecular weight excluding hydrogens is 688 g/mol. The predicted molar refractivity (Wildman–Crippen MR) is 201 cm³/mol. The van der Waals surface area contributed by atoms with E-state index in [4.69, 9.17) is 4.98 Å². The fourth-order valence-corrected chi connectivity index (χ4v) is 8.49. The summed E-state index contributed by atoms with van der Waals surface area (Å²) in [5.74, 6) is 0.127. The summed E-state index contributed by atoms with van der Waals surface area (Å²) in [7, 11) is 2.13. The first-order valence-corrected chi connectivity index (χ1v) is 18.7. The van der Waals surface area contributed by atoms with Crippen molar-refractivity contribution in [3.05, 3.63) is 80.9 Å². The van der Waals surface area contributed by atoms with Gasteiger partial charge in [-0.25, -0.2) is 24.8 Å². The summed E-state index contributed by atoms with van der Waals surface area (Å²) in [6.07, 6.45) is 9.50. The van der Waals surface area contributed by atoms with Gasteiger partial charge < -0.3 is 10.2 Å². The van der Waals surface area contributed by atoms with Crippen molar-refractivity contribution in [3.8, 4) is 0 Å². The molecule has 3 fully saturated rings. The van der Waals surface area contributed by atoms with E-state index in [2.05, 4.69) is 43.5 Å². The van der Waals surface area contributed by atoms with Gasteiger partial charge in [-0.15, -0.1) is 0 Å². The minimum atomic E-state index is -0.563. The molecule has 1 saturated carbocycles. The number of anilines is 3. The first kappa shape index (κ1) is 35.3. The number of fused-ring (bicyclic) bond motifs is 2. The summed E-state index contributed by atoms with van der Waals surface area (Å²) >= 11 is 0. The molecule has 0 radical (unpaired) electrons. The van der Waals surface area contributed by atoms with Gasteiger partial charge in [0.05, 0.1) is 30.5 Å². The minimum Gasteiger partial charge on any atom is -0.370 e. The van der Waals surface area contributed by atoms with Gasteiger partial charge in [0.15, 0.2) is 5.78 Å². The van der Waals surface area contributed by atoms with Gasteiger partial charge in [-0.05, 0) is 81.5 Å². The van der Waals surface area contributed by atoms with Crippen LogP contribution in [0.15, 0.2) is 47.5 Å². The number of Topliss-reactive ketones (excluding diaryl/α,β-unsaturated/α-hetero) is 1. The van der Waals surface area contributed by atoms with E-state index in [1.165, 1.54) is 16.9 Å². The summed E-state index contributed by atoms with van der Waals surface area (Å²) < 4.78 is 1.71. The number of piperidine rings is 1. The molecule has 1 aliphatic carbocycles. The van der Waals surface area contributed by atoms with E-state index in [0.717, 1.165) is 75.0 Å². The fourth-order valence-electron chi connectivity index (χ4n) is 8.49. The fraction of sp³-hybridized carbons (Fsp3) is 0.436. The normalized spacial score (nSPS) is 18.2. The van der Waals surface area contributed by atoms with Gasteiger partial charge in [-0.1, -0.05) is 25.0 Å². The number of nitrogens with zero attached hydrogens (tertiary/aromatic N) is 8. The van der Waals surface area contributed by atoms with E-state index in [0.29, 0.717) is 46.5 Å². The number of carbonyl (C=O) groups excluding carboxylic acids is 4. The Balaban J connectivity index is 0.884. The smallest absolute Gasteiger partial charge is 0.342 e. The molecule has 0 spiro atoms. The molecular formula is C39H44N10O5. The Morgan fingerprint density at radius 3 is 2.44 bits per heavy atom. The molecule has 4 aromatic rings. The molecule has 2 N–H and O–H groups in total. The number of pyridine rings is 2. The summed E-state index contributed by atoms with van der Waals surface area (Å²) in [6, 6.07) is 9.66. The number of carbonyl (C=O) groups is 4. The van der Waals surface area contributed by atoms with Gasteiger partial charge in [-0.3, -0.25) is 34.0 Å². The predicted octanol–water partition coefficient (Wildman–Crippen LogP) is 4.47. The number of rotatable bonds is 9. The molecule has 0 unspecified atom stereocenters. The van der Waals surface area contributed by atoms with Crippen molar-refractivity contribution in [1.29, 1.82) is 0 Å². The van der Waals surface area contributed by atoms with Crippen molar-refractivity contribution >= 4 is 52.1 Å². The average molecular weight is 733 g/mol. The lowest BCUT2D eigenvalue weighted by Crippen LogP contribution is -2.56. The van der Waals surface area contributed by atoms with Gasteiger partial charge in [-0.2, -0.15) is 4.98 Å². The third kappa shape index (κ3) is 6.57. The van der Waals surface area contributed by atoms with Gasteiger partial charge in [0, 0.05) is 55.3 Å². The van der Waals surface area contributed by atoms with Crippen LogP contribution in [0.2, 0.25) is 0 Å². The van der Waals surface area contributed by atoms with Crippen molar-refractivity contribution < 1.29 is 19.2 Å². The number of aryl methyl sites for hydroxylation is 1. The number of benzene rings is 1. The van der Waals surface area contributed by atoms with Crippen molar-refractivity contribution in [1.82, 2.24) is 39.8 Å². The molecule has 0 bridgehead atoms. The van der Waals surface area contributed by atoms with Crippen LogP contribution in [0.1, 0.15) is 95.3 Å². The van der Waals surface area contributed by atoms with E-state index in [1.807, 2.05) is 30.5 Å². The molecule has 54 heavy (non-hydrogen) atoms. The first-order valence-electron chi connectivity index (χ1n) is 18.7. The van der Waals surface area contributed by atoms with Crippen LogP contribution in [-0.2, 0) is 17.9 Å². The Labute approximate surface area is 312 Å². The maximum atomic E-state index is 13.6. The van der Waals surface area contributed by atoms with E-state index < -0.39 is 6.03 Å². The highest BCUT2D eigenvalue weighted by Gasteiger charge is 2.37. The molecule has 3 aromatic heterocycles. The van der Waals surface area contributed by atoms with E-state index in [-0.39, 0.29) is 47.7 Å². The number of hydrazine groups is 1. The van der Waals surface area contributed by atoms with Crippen LogP contribution >= 0.6 is 0 Å². The second kappa shape index (κ2) is 14.3. The Morgan fingerprint density at radius 1 is 0.963 bits per heavy atom. The number of aromatic nitrogens is 4. The number of imide groups is 1. The Morgan fingerprint density at radius 2 is 1.74 bits per heavy atom. The first-order chi connectivity index (χ1) is 26.0. The van der Waals surface area contributed by atoms with Crippen molar-refractivity contribution in [2.24, 2.45) is 0 Å². The summed E-state index contributed by atoms with van der Waals surface area (Å²) in [5, 5.41) is 8.95.